The molecule has 2 aliphatic heterocycles. The van der Waals surface area contributed by atoms with E-state index in [1.165, 1.54) is 12.0 Å². The van der Waals surface area contributed by atoms with E-state index in [2.05, 4.69) is 9.80 Å². The smallest absolute Gasteiger partial charge is 0.251 e. The maximum Gasteiger partial charge on any atom is 0.251 e. The highest BCUT2D eigenvalue weighted by Crippen LogP contribution is 2.33. The molecule has 2 saturated heterocycles. The van der Waals surface area contributed by atoms with E-state index in [4.69, 9.17) is 16.3 Å². The topological polar surface area (TPSA) is 53.1 Å². The van der Waals surface area contributed by atoms with Gasteiger partial charge in [0.25, 0.3) is 5.91 Å². The van der Waals surface area contributed by atoms with Gasteiger partial charge >= 0.3 is 0 Å². The molecule has 0 spiro atoms. The summed E-state index contributed by atoms with van der Waals surface area (Å²) in [6.45, 7) is 3.01. The minimum atomic E-state index is -0.418. The Morgan fingerprint density at radius 2 is 1.75 bits per heavy atom. The lowest BCUT2D eigenvalue weighted by Crippen LogP contribution is -2.52. The van der Waals surface area contributed by atoms with E-state index in [0.29, 0.717) is 16.5 Å². The van der Waals surface area contributed by atoms with Gasteiger partial charge in [-0.25, -0.2) is 4.90 Å². The third-order valence-corrected chi connectivity index (χ3v) is 5.61. The van der Waals surface area contributed by atoms with E-state index in [1.807, 2.05) is 30.3 Å². The molecular formula is C21H22ClN3O3. The quantitative estimate of drug-likeness (QED) is 0.740. The van der Waals surface area contributed by atoms with Crippen LogP contribution in [-0.4, -0.2) is 56.0 Å². The number of hydrogen-bond acceptors (Lipinski definition) is 5. The van der Waals surface area contributed by atoms with Crippen molar-refractivity contribution in [2.75, 3.05) is 43.1 Å². The van der Waals surface area contributed by atoms with Gasteiger partial charge in [-0.3, -0.25) is 14.5 Å². The molecule has 0 radical (unpaired) electrons. The van der Waals surface area contributed by atoms with Gasteiger partial charge in [-0.1, -0.05) is 29.8 Å². The molecule has 2 aromatic rings. The molecule has 0 aliphatic carbocycles. The predicted molar refractivity (Wildman–Crippen MR) is 109 cm³/mol. The number of carbonyl (C=O) groups excluding carboxylic acids is 2. The minimum absolute atomic E-state index is 0.175. The highest BCUT2D eigenvalue weighted by atomic mass is 35.5. The van der Waals surface area contributed by atoms with Gasteiger partial charge in [0.05, 0.1) is 25.3 Å². The summed E-state index contributed by atoms with van der Waals surface area (Å²) in [6.07, 6.45) is 0.202. The summed E-state index contributed by atoms with van der Waals surface area (Å²) >= 11 is 6.10. The lowest BCUT2D eigenvalue weighted by Gasteiger charge is -2.38. The summed E-state index contributed by atoms with van der Waals surface area (Å²) < 4.78 is 5.33. The Morgan fingerprint density at radius 1 is 1.00 bits per heavy atom. The first-order valence-corrected chi connectivity index (χ1v) is 9.70. The van der Waals surface area contributed by atoms with Crippen molar-refractivity contribution in [1.82, 2.24) is 4.90 Å². The second-order valence-electron chi connectivity index (χ2n) is 6.96. The third kappa shape index (κ3) is 3.45. The molecule has 2 aromatic carbocycles. The van der Waals surface area contributed by atoms with Gasteiger partial charge in [-0.2, -0.15) is 0 Å². The van der Waals surface area contributed by atoms with Gasteiger partial charge < -0.3 is 9.64 Å². The van der Waals surface area contributed by atoms with E-state index in [0.717, 1.165) is 31.9 Å². The SMILES string of the molecule is COc1ccccc1N1C(=O)C[C@@H](N2CCN(c3cccc(Cl)c3)CC2)C1=O. The van der Waals surface area contributed by atoms with E-state index < -0.39 is 6.04 Å². The number of ether oxygens (including phenoxy) is 1. The van der Waals surface area contributed by atoms with E-state index in [1.54, 1.807) is 18.2 Å². The molecule has 2 fully saturated rings. The monoisotopic (exact) mass is 399 g/mol. The van der Waals surface area contributed by atoms with Crippen LogP contribution in [0.25, 0.3) is 0 Å². The third-order valence-electron chi connectivity index (χ3n) is 5.38. The van der Waals surface area contributed by atoms with Gasteiger partial charge in [-0.05, 0) is 30.3 Å². The molecule has 0 saturated carbocycles. The molecule has 28 heavy (non-hydrogen) atoms. The summed E-state index contributed by atoms with van der Waals surface area (Å²) in [6, 6.07) is 14.5. The van der Waals surface area contributed by atoms with Crippen molar-refractivity contribution in [2.24, 2.45) is 0 Å². The first-order chi connectivity index (χ1) is 13.6. The molecule has 6 nitrogen and oxygen atoms in total. The Morgan fingerprint density at radius 3 is 2.46 bits per heavy atom. The number of methoxy groups -OCH3 is 1. The van der Waals surface area contributed by atoms with E-state index in [-0.39, 0.29) is 18.2 Å². The second-order valence-corrected chi connectivity index (χ2v) is 7.40. The fourth-order valence-corrected chi connectivity index (χ4v) is 4.12. The van der Waals surface area contributed by atoms with Crippen molar-refractivity contribution < 1.29 is 14.3 Å². The first-order valence-electron chi connectivity index (χ1n) is 9.33. The van der Waals surface area contributed by atoms with Crippen LogP contribution in [0.3, 0.4) is 0 Å². The molecule has 0 bridgehead atoms. The van der Waals surface area contributed by atoms with Gasteiger partial charge in [0.1, 0.15) is 5.75 Å². The van der Waals surface area contributed by atoms with E-state index in [9.17, 15) is 9.59 Å². The van der Waals surface area contributed by atoms with Crippen LogP contribution in [0.5, 0.6) is 5.75 Å². The number of carbonyl (C=O) groups is 2. The van der Waals surface area contributed by atoms with E-state index >= 15 is 0 Å². The van der Waals surface area contributed by atoms with Crippen LogP contribution in [0, 0.1) is 0 Å². The van der Waals surface area contributed by atoms with Crippen LogP contribution >= 0.6 is 11.6 Å². The summed E-state index contributed by atoms with van der Waals surface area (Å²) in [5.74, 6) is 0.165. The number of para-hydroxylation sites is 2. The molecule has 2 aliphatic rings. The number of anilines is 2. The largest absolute Gasteiger partial charge is 0.495 e. The minimum Gasteiger partial charge on any atom is -0.495 e. The molecule has 146 valence electrons. The number of benzene rings is 2. The number of imide groups is 1. The number of halogens is 1. The Kier molecular flexibility index (Phi) is 5.24. The molecule has 0 aromatic heterocycles. The second kappa shape index (κ2) is 7.81. The zero-order valence-corrected chi connectivity index (χ0v) is 16.4. The van der Waals surface area contributed by atoms with Crippen molar-refractivity contribution in [1.29, 1.82) is 0 Å². The van der Waals surface area contributed by atoms with Gasteiger partial charge in [0, 0.05) is 36.9 Å². The zero-order chi connectivity index (χ0) is 19.7. The maximum atomic E-state index is 13.1. The lowest BCUT2D eigenvalue weighted by atomic mass is 10.1. The van der Waals surface area contributed by atoms with Crippen LogP contribution in [0.15, 0.2) is 48.5 Å². The average molecular weight is 400 g/mol. The highest BCUT2D eigenvalue weighted by molar-refractivity contribution is 6.30. The number of amides is 2. The van der Waals surface area contributed by atoms with Crippen molar-refractivity contribution in [3.05, 3.63) is 53.6 Å². The number of piperazine rings is 1. The van der Waals surface area contributed by atoms with Crippen molar-refractivity contribution in [3.63, 3.8) is 0 Å². The first kappa shape index (κ1) is 18.8. The normalized spacial score (nSPS) is 20.7. The summed E-state index contributed by atoms with van der Waals surface area (Å²) in [4.78, 5) is 31.3. The predicted octanol–water partition coefficient (Wildman–Crippen LogP) is 2.80. The van der Waals surface area contributed by atoms with Crippen LogP contribution in [0.1, 0.15) is 6.42 Å². The number of nitrogens with zero attached hydrogens (tertiary/aromatic N) is 3. The van der Waals surface area contributed by atoms with Crippen molar-refractivity contribution in [3.8, 4) is 5.75 Å². The Labute approximate surface area is 169 Å². The average Bonchev–Trinajstić information content (AvgIpc) is 3.02. The molecule has 7 heteroatoms. The molecule has 2 amide bonds. The fourth-order valence-electron chi connectivity index (χ4n) is 3.93. The maximum absolute atomic E-state index is 13.1. The summed E-state index contributed by atoms with van der Waals surface area (Å²) in [7, 11) is 1.54. The summed E-state index contributed by atoms with van der Waals surface area (Å²) in [5, 5.41) is 0.712. The Balaban J connectivity index is 1.46. The van der Waals surface area contributed by atoms with Crippen LogP contribution in [-0.2, 0) is 9.59 Å². The molecule has 1 atom stereocenters. The van der Waals surface area contributed by atoms with Gasteiger partial charge in [-0.15, -0.1) is 0 Å². The Bertz CT molecular complexity index is 896. The van der Waals surface area contributed by atoms with Crippen molar-refractivity contribution >= 4 is 34.8 Å². The summed E-state index contributed by atoms with van der Waals surface area (Å²) in [5.41, 5.74) is 1.59. The van der Waals surface area contributed by atoms with Gasteiger partial charge in [0.2, 0.25) is 5.91 Å². The zero-order valence-electron chi connectivity index (χ0n) is 15.7. The molecule has 0 unspecified atom stereocenters. The van der Waals surface area contributed by atoms with Gasteiger partial charge in [0.15, 0.2) is 0 Å². The van der Waals surface area contributed by atoms with Crippen LogP contribution in [0.2, 0.25) is 5.02 Å². The molecule has 2 heterocycles. The molecule has 0 N–H and O–H groups in total. The number of hydrogen-bond donors (Lipinski definition) is 0. The standard InChI is InChI=1S/C21H22ClN3O3/c1-28-19-8-3-2-7-17(19)25-20(26)14-18(21(25)27)24-11-9-23(10-12-24)16-6-4-5-15(22)13-16/h2-8,13,18H,9-12,14H2,1H3/t18-/m1/s1. The molecule has 4 rings (SSSR count). The fraction of sp³-hybridized carbons (Fsp3) is 0.333. The Hall–Kier alpha value is -2.57. The van der Waals surface area contributed by atoms with Crippen LogP contribution in [0.4, 0.5) is 11.4 Å². The lowest BCUT2D eigenvalue weighted by molar-refractivity contribution is -0.123. The molecular weight excluding hydrogens is 378 g/mol. The number of rotatable bonds is 4. The van der Waals surface area contributed by atoms with Crippen molar-refractivity contribution in [2.45, 2.75) is 12.5 Å². The van der Waals surface area contributed by atoms with Crippen LogP contribution < -0.4 is 14.5 Å². The highest BCUT2D eigenvalue weighted by Gasteiger charge is 2.44.